The summed E-state index contributed by atoms with van der Waals surface area (Å²) in [6.45, 7) is 3.82. The van der Waals surface area contributed by atoms with E-state index in [1.54, 1.807) is 0 Å². The molecule has 0 saturated heterocycles. The molecule has 0 amide bonds. The molecule has 9 heavy (non-hydrogen) atoms. The Hall–Kier alpha value is -0.340. The molecule has 1 rings (SSSR count). The first kappa shape index (κ1) is 6.78. The van der Waals surface area contributed by atoms with Gasteiger partial charge in [0.25, 0.3) is 0 Å². The van der Waals surface area contributed by atoms with Gasteiger partial charge in [-0.15, -0.1) is 0 Å². The zero-order chi connectivity index (χ0) is 6.85. The lowest BCUT2D eigenvalue weighted by atomic mass is 10.1. The number of hydrogen-bond acceptors (Lipinski definition) is 2. The monoisotopic (exact) mass is 128 g/mol. The highest BCUT2D eigenvalue weighted by Crippen LogP contribution is 2.28. The third-order valence-electron chi connectivity index (χ3n) is 1.83. The highest BCUT2D eigenvalue weighted by atomic mass is 16.3. The summed E-state index contributed by atoms with van der Waals surface area (Å²) in [6.07, 6.45) is 1.12. The zero-order valence-electron chi connectivity index (χ0n) is 5.38. The van der Waals surface area contributed by atoms with Gasteiger partial charge in [-0.05, 0) is 12.8 Å². The highest BCUT2D eigenvalue weighted by molar-refractivity contribution is 5.06. The molecule has 1 saturated carbocycles. The molecule has 0 aromatic rings. The molecule has 2 atom stereocenters. The summed E-state index contributed by atoms with van der Waals surface area (Å²) in [7, 11) is 0. The molecule has 0 aromatic carbocycles. The first-order chi connectivity index (χ1) is 4.24. The Kier molecular flexibility index (Phi) is 1.88. The van der Waals surface area contributed by atoms with Crippen molar-refractivity contribution in [1.29, 1.82) is 0 Å². The molecule has 1 aliphatic rings. The molecule has 0 radical (unpaired) electrons. The normalized spacial score (nSPS) is 35.6. The molecule has 0 aliphatic heterocycles. The lowest BCUT2D eigenvalue weighted by Gasteiger charge is -2.07. The predicted molar refractivity (Wildman–Crippen MR) is 35.0 cm³/mol. The summed E-state index contributed by atoms with van der Waals surface area (Å²) in [5.74, 6) is 0.0532. The van der Waals surface area contributed by atoms with Crippen molar-refractivity contribution in [2.75, 3.05) is 6.61 Å². The van der Waals surface area contributed by atoms with E-state index in [-0.39, 0.29) is 18.6 Å². The molecule has 0 spiro atoms. The van der Waals surface area contributed by atoms with Crippen LogP contribution in [0.1, 0.15) is 12.8 Å². The molecule has 0 unspecified atom stereocenters. The van der Waals surface area contributed by atoms with Crippen molar-refractivity contribution < 1.29 is 10.2 Å². The zero-order valence-corrected chi connectivity index (χ0v) is 5.38. The fourth-order valence-corrected chi connectivity index (χ4v) is 1.24. The second-order valence-corrected chi connectivity index (χ2v) is 2.67. The van der Waals surface area contributed by atoms with Gasteiger partial charge in [0.05, 0.1) is 6.10 Å². The average Bonchev–Trinajstić information content (AvgIpc) is 2.10. The Labute approximate surface area is 54.8 Å². The van der Waals surface area contributed by atoms with Crippen LogP contribution in [0.3, 0.4) is 0 Å². The topological polar surface area (TPSA) is 40.5 Å². The van der Waals surface area contributed by atoms with E-state index in [2.05, 4.69) is 6.58 Å². The van der Waals surface area contributed by atoms with Crippen LogP contribution in [-0.4, -0.2) is 22.9 Å². The van der Waals surface area contributed by atoms with Crippen LogP contribution in [0.15, 0.2) is 12.2 Å². The highest BCUT2D eigenvalue weighted by Gasteiger charge is 2.26. The van der Waals surface area contributed by atoms with Gasteiger partial charge in [0.2, 0.25) is 0 Å². The maximum atomic E-state index is 9.14. The van der Waals surface area contributed by atoms with Gasteiger partial charge in [0.1, 0.15) is 0 Å². The first-order valence-corrected chi connectivity index (χ1v) is 3.19. The third-order valence-corrected chi connectivity index (χ3v) is 1.83. The van der Waals surface area contributed by atoms with Gasteiger partial charge in [0.15, 0.2) is 0 Å². The lowest BCUT2D eigenvalue weighted by molar-refractivity contribution is 0.0910. The van der Waals surface area contributed by atoms with Crippen molar-refractivity contribution in [2.45, 2.75) is 18.9 Å². The van der Waals surface area contributed by atoms with Crippen LogP contribution < -0.4 is 0 Å². The van der Waals surface area contributed by atoms with E-state index in [9.17, 15) is 0 Å². The molecular formula is C7H12O2. The van der Waals surface area contributed by atoms with E-state index in [1.807, 2.05) is 0 Å². The average molecular weight is 128 g/mol. The summed E-state index contributed by atoms with van der Waals surface area (Å²) in [5, 5.41) is 17.8. The van der Waals surface area contributed by atoms with E-state index in [0.29, 0.717) is 6.42 Å². The Morgan fingerprint density at radius 2 is 2.22 bits per heavy atom. The summed E-state index contributed by atoms with van der Waals surface area (Å²) >= 11 is 0. The molecular weight excluding hydrogens is 116 g/mol. The Morgan fingerprint density at radius 1 is 1.56 bits per heavy atom. The first-order valence-electron chi connectivity index (χ1n) is 3.19. The van der Waals surface area contributed by atoms with Crippen LogP contribution in [0, 0.1) is 5.92 Å². The standard InChI is InChI=1S/C7H12O2/c1-5-2-6(4-8)7(9)3-5/h6-9H,1-4H2/t6-,7+/m1/s1. The van der Waals surface area contributed by atoms with Crippen LogP contribution in [0.25, 0.3) is 0 Å². The van der Waals surface area contributed by atoms with Gasteiger partial charge in [0, 0.05) is 12.5 Å². The Morgan fingerprint density at radius 3 is 2.44 bits per heavy atom. The van der Waals surface area contributed by atoms with E-state index >= 15 is 0 Å². The molecule has 2 N–H and O–H groups in total. The van der Waals surface area contributed by atoms with E-state index in [4.69, 9.17) is 10.2 Å². The van der Waals surface area contributed by atoms with Crippen molar-refractivity contribution in [1.82, 2.24) is 0 Å². The van der Waals surface area contributed by atoms with Crippen LogP contribution in [0.4, 0.5) is 0 Å². The van der Waals surface area contributed by atoms with Gasteiger partial charge >= 0.3 is 0 Å². The van der Waals surface area contributed by atoms with Crippen LogP contribution in [0.5, 0.6) is 0 Å². The van der Waals surface area contributed by atoms with Gasteiger partial charge < -0.3 is 10.2 Å². The van der Waals surface area contributed by atoms with Crippen molar-refractivity contribution in [3.63, 3.8) is 0 Å². The van der Waals surface area contributed by atoms with Crippen molar-refractivity contribution in [3.05, 3.63) is 12.2 Å². The Bertz CT molecular complexity index is 120. The summed E-state index contributed by atoms with van der Waals surface area (Å²) in [4.78, 5) is 0. The summed E-state index contributed by atoms with van der Waals surface area (Å²) in [6, 6.07) is 0. The van der Waals surface area contributed by atoms with Crippen LogP contribution in [-0.2, 0) is 0 Å². The fraction of sp³-hybridized carbons (Fsp3) is 0.714. The SMILES string of the molecule is C=C1C[C@H](CO)[C@@H](O)C1. The minimum Gasteiger partial charge on any atom is -0.396 e. The van der Waals surface area contributed by atoms with Crippen molar-refractivity contribution in [3.8, 4) is 0 Å². The van der Waals surface area contributed by atoms with Crippen LogP contribution in [0.2, 0.25) is 0 Å². The predicted octanol–water partition coefficient (Wildman–Crippen LogP) is 0.306. The fourth-order valence-electron chi connectivity index (χ4n) is 1.24. The second-order valence-electron chi connectivity index (χ2n) is 2.67. The molecule has 0 heterocycles. The minimum absolute atomic E-state index is 0.0532. The van der Waals surface area contributed by atoms with E-state index < -0.39 is 0 Å². The maximum absolute atomic E-state index is 9.14. The van der Waals surface area contributed by atoms with Gasteiger partial charge in [-0.2, -0.15) is 0 Å². The van der Waals surface area contributed by atoms with E-state index in [0.717, 1.165) is 12.0 Å². The number of aliphatic hydroxyl groups is 2. The van der Waals surface area contributed by atoms with Gasteiger partial charge in [-0.1, -0.05) is 12.2 Å². The van der Waals surface area contributed by atoms with Crippen molar-refractivity contribution >= 4 is 0 Å². The molecule has 2 heteroatoms. The molecule has 1 aliphatic carbocycles. The summed E-state index contributed by atoms with van der Waals surface area (Å²) < 4.78 is 0. The van der Waals surface area contributed by atoms with E-state index in [1.165, 1.54) is 0 Å². The third kappa shape index (κ3) is 1.32. The molecule has 0 bridgehead atoms. The molecule has 2 nitrogen and oxygen atoms in total. The van der Waals surface area contributed by atoms with Crippen LogP contribution >= 0.6 is 0 Å². The minimum atomic E-state index is -0.345. The number of hydrogen-bond donors (Lipinski definition) is 2. The van der Waals surface area contributed by atoms with Gasteiger partial charge in [-0.25, -0.2) is 0 Å². The lowest BCUT2D eigenvalue weighted by Crippen LogP contribution is -2.16. The molecule has 52 valence electrons. The maximum Gasteiger partial charge on any atom is 0.0630 e. The summed E-state index contributed by atoms with van der Waals surface area (Å²) in [5.41, 5.74) is 1.06. The Balaban J connectivity index is 2.47. The number of aliphatic hydroxyl groups excluding tert-OH is 2. The quantitative estimate of drug-likeness (QED) is 0.499. The molecule has 1 fully saturated rings. The van der Waals surface area contributed by atoms with Crippen molar-refractivity contribution in [2.24, 2.45) is 5.92 Å². The largest absolute Gasteiger partial charge is 0.396 e. The molecule has 0 aromatic heterocycles. The second kappa shape index (κ2) is 2.50. The smallest absolute Gasteiger partial charge is 0.0630 e. The number of rotatable bonds is 1. The van der Waals surface area contributed by atoms with Gasteiger partial charge in [-0.3, -0.25) is 0 Å².